The smallest absolute Gasteiger partial charge is 0.251 e. The first-order chi connectivity index (χ1) is 9.20. The summed E-state index contributed by atoms with van der Waals surface area (Å²) in [5.41, 5.74) is 0.998. The van der Waals surface area contributed by atoms with Gasteiger partial charge in [-0.05, 0) is 18.4 Å². The topological polar surface area (TPSA) is 85.2 Å². The number of nitrogens with one attached hydrogen (secondary N) is 2. The molecule has 0 spiro atoms. The second-order valence-electron chi connectivity index (χ2n) is 4.70. The van der Waals surface area contributed by atoms with E-state index in [1.54, 1.807) is 0 Å². The number of aliphatic hydroxyl groups excluding tert-OH is 1. The summed E-state index contributed by atoms with van der Waals surface area (Å²) in [5.74, 6) is -0.477. The number of nitriles is 1. The van der Waals surface area contributed by atoms with Crippen LogP contribution >= 0.6 is 0 Å². The first-order valence-electron chi connectivity index (χ1n) is 6.36. The van der Waals surface area contributed by atoms with Gasteiger partial charge in [0.15, 0.2) is 6.10 Å². The molecule has 2 atom stereocenters. The lowest BCUT2D eigenvalue weighted by Gasteiger charge is -2.17. The Kier molecular flexibility index (Phi) is 4.50. The van der Waals surface area contributed by atoms with Crippen molar-refractivity contribution in [1.29, 1.82) is 5.26 Å². The molecule has 100 valence electrons. The Morgan fingerprint density at radius 1 is 1.42 bits per heavy atom. The molecule has 5 nitrogen and oxygen atoms in total. The number of rotatable bonds is 6. The minimum absolute atomic E-state index is 0.176. The van der Waals surface area contributed by atoms with Gasteiger partial charge in [0.05, 0.1) is 6.07 Å². The van der Waals surface area contributed by atoms with Crippen LogP contribution < -0.4 is 10.6 Å². The van der Waals surface area contributed by atoms with Gasteiger partial charge in [-0.3, -0.25) is 10.1 Å². The molecule has 19 heavy (non-hydrogen) atoms. The molecule has 0 saturated heterocycles. The molecule has 2 rings (SSSR count). The van der Waals surface area contributed by atoms with Crippen LogP contribution in [0.4, 0.5) is 0 Å². The summed E-state index contributed by atoms with van der Waals surface area (Å²) in [6.45, 7) is 0.437. The van der Waals surface area contributed by atoms with Gasteiger partial charge in [-0.15, -0.1) is 0 Å². The van der Waals surface area contributed by atoms with E-state index in [1.807, 2.05) is 36.4 Å². The van der Waals surface area contributed by atoms with Gasteiger partial charge in [-0.2, -0.15) is 5.26 Å². The van der Waals surface area contributed by atoms with Crippen molar-refractivity contribution in [2.24, 2.45) is 0 Å². The minimum Gasteiger partial charge on any atom is -0.380 e. The fourth-order valence-corrected chi connectivity index (χ4v) is 1.72. The highest BCUT2D eigenvalue weighted by Gasteiger charge is 2.30. The van der Waals surface area contributed by atoms with Crippen molar-refractivity contribution < 1.29 is 9.90 Å². The van der Waals surface area contributed by atoms with Gasteiger partial charge >= 0.3 is 0 Å². The molecule has 2 unspecified atom stereocenters. The number of aliphatic hydroxyl groups is 1. The number of benzene rings is 1. The number of nitrogens with zero attached hydrogens (tertiary/aromatic N) is 1. The summed E-state index contributed by atoms with van der Waals surface area (Å²) >= 11 is 0. The third-order valence-corrected chi connectivity index (χ3v) is 3.02. The number of carbonyl (C=O) groups excluding carboxylic acids is 1. The van der Waals surface area contributed by atoms with Crippen molar-refractivity contribution in [3.8, 4) is 6.07 Å². The lowest BCUT2D eigenvalue weighted by molar-refractivity contribution is -0.130. The van der Waals surface area contributed by atoms with Gasteiger partial charge in [0.25, 0.3) is 5.91 Å². The first kappa shape index (κ1) is 13.5. The maximum atomic E-state index is 11.7. The van der Waals surface area contributed by atoms with E-state index in [0.29, 0.717) is 6.54 Å². The predicted octanol–water partition coefficient (Wildman–Crippen LogP) is 0.308. The highest BCUT2D eigenvalue weighted by atomic mass is 16.3. The molecular weight excluding hydrogens is 242 g/mol. The number of hydrogen-bond donors (Lipinski definition) is 3. The molecular formula is C14H17N3O2. The molecule has 1 amide bonds. The summed E-state index contributed by atoms with van der Waals surface area (Å²) < 4.78 is 0. The van der Waals surface area contributed by atoms with Crippen molar-refractivity contribution in [1.82, 2.24) is 10.6 Å². The van der Waals surface area contributed by atoms with Gasteiger partial charge in [0.2, 0.25) is 0 Å². The summed E-state index contributed by atoms with van der Waals surface area (Å²) in [6, 6.07) is 10.7. The Morgan fingerprint density at radius 2 is 2.11 bits per heavy atom. The van der Waals surface area contributed by atoms with Gasteiger partial charge < -0.3 is 10.4 Å². The van der Waals surface area contributed by atoms with E-state index in [2.05, 4.69) is 10.6 Å². The zero-order chi connectivity index (χ0) is 13.7. The quantitative estimate of drug-likeness (QED) is 0.686. The third-order valence-electron chi connectivity index (χ3n) is 3.02. The minimum atomic E-state index is -1.34. The van der Waals surface area contributed by atoms with Crippen molar-refractivity contribution in [3.63, 3.8) is 0 Å². The van der Waals surface area contributed by atoms with Crippen LogP contribution in [-0.4, -0.2) is 29.2 Å². The Labute approximate surface area is 112 Å². The van der Waals surface area contributed by atoms with E-state index in [-0.39, 0.29) is 6.04 Å². The normalized spacial score (nSPS) is 17.3. The van der Waals surface area contributed by atoms with E-state index in [1.165, 1.54) is 0 Å². The van der Waals surface area contributed by atoms with Crippen molar-refractivity contribution in [3.05, 3.63) is 35.9 Å². The van der Waals surface area contributed by atoms with Crippen molar-refractivity contribution in [2.45, 2.75) is 37.6 Å². The van der Waals surface area contributed by atoms with Crippen LogP contribution in [0.15, 0.2) is 30.3 Å². The van der Waals surface area contributed by atoms with Gasteiger partial charge in [-0.25, -0.2) is 0 Å². The van der Waals surface area contributed by atoms with Gasteiger partial charge in [0.1, 0.15) is 6.04 Å². The Hall–Kier alpha value is -1.90. The predicted molar refractivity (Wildman–Crippen MR) is 69.9 cm³/mol. The molecule has 1 saturated carbocycles. The fraction of sp³-hybridized carbons (Fsp3) is 0.429. The van der Waals surface area contributed by atoms with Gasteiger partial charge in [0, 0.05) is 12.6 Å². The van der Waals surface area contributed by atoms with Crippen LogP contribution in [-0.2, 0) is 11.3 Å². The fourth-order valence-electron chi connectivity index (χ4n) is 1.72. The van der Waals surface area contributed by atoms with E-state index in [4.69, 9.17) is 5.26 Å². The lowest BCUT2D eigenvalue weighted by Crippen LogP contribution is -2.48. The third kappa shape index (κ3) is 4.05. The van der Waals surface area contributed by atoms with Crippen LogP contribution in [0.3, 0.4) is 0 Å². The largest absolute Gasteiger partial charge is 0.380 e. The van der Waals surface area contributed by atoms with Crippen molar-refractivity contribution in [2.75, 3.05) is 0 Å². The van der Waals surface area contributed by atoms with E-state index >= 15 is 0 Å². The van der Waals surface area contributed by atoms with E-state index in [0.717, 1.165) is 18.4 Å². The Bertz CT molecular complexity index is 465. The Morgan fingerprint density at radius 3 is 2.68 bits per heavy atom. The van der Waals surface area contributed by atoms with Crippen LogP contribution in [0, 0.1) is 11.3 Å². The molecule has 1 aliphatic rings. The monoisotopic (exact) mass is 259 g/mol. The molecule has 0 heterocycles. The average molecular weight is 259 g/mol. The molecule has 3 N–H and O–H groups in total. The molecule has 1 fully saturated rings. The summed E-state index contributed by atoms with van der Waals surface area (Å²) in [6.07, 6.45) is 0.564. The van der Waals surface area contributed by atoms with E-state index < -0.39 is 18.1 Å². The summed E-state index contributed by atoms with van der Waals surface area (Å²) in [4.78, 5) is 11.7. The highest BCUT2D eigenvalue weighted by Crippen LogP contribution is 2.18. The second-order valence-corrected chi connectivity index (χ2v) is 4.70. The highest BCUT2D eigenvalue weighted by molar-refractivity contribution is 5.82. The molecule has 0 bridgehead atoms. The molecule has 1 aromatic carbocycles. The summed E-state index contributed by atoms with van der Waals surface area (Å²) in [5, 5.41) is 24.4. The number of amides is 1. The molecule has 1 aromatic rings. The number of hydrogen-bond acceptors (Lipinski definition) is 4. The van der Waals surface area contributed by atoms with Crippen molar-refractivity contribution >= 4 is 5.91 Å². The Balaban J connectivity index is 1.85. The molecule has 1 aliphatic carbocycles. The maximum Gasteiger partial charge on any atom is 0.251 e. The molecule has 0 aliphatic heterocycles. The van der Waals surface area contributed by atoms with Crippen LogP contribution in [0.1, 0.15) is 18.4 Å². The van der Waals surface area contributed by atoms with E-state index in [9.17, 15) is 9.90 Å². The number of carbonyl (C=O) groups is 1. The SMILES string of the molecule is N#CC(NCc1ccccc1)C(O)C(=O)NC1CC1. The zero-order valence-corrected chi connectivity index (χ0v) is 10.5. The average Bonchev–Trinajstić information content (AvgIpc) is 3.24. The molecule has 0 radical (unpaired) electrons. The van der Waals surface area contributed by atoms with Crippen LogP contribution in [0.25, 0.3) is 0 Å². The molecule has 5 heteroatoms. The molecule has 0 aromatic heterocycles. The lowest BCUT2D eigenvalue weighted by atomic mass is 10.1. The first-order valence-corrected chi connectivity index (χ1v) is 6.36. The van der Waals surface area contributed by atoms with Crippen LogP contribution in [0.5, 0.6) is 0 Å². The maximum absolute atomic E-state index is 11.7. The van der Waals surface area contributed by atoms with Gasteiger partial charge in [-0.1, -0.05) is 30.3 Å². The second kappa shape index (κ2) is 6.32. The van der Waals surface area contributed by atoms with Crippen LogP contribution in [0.2, 0.25) is 0 Å². The zero-order valence-electron chi connectivity index (χ0n) is 10.5. The summed E-state index contributed by atoms with van der Waals surface area (Å²) in [7, 11) is 0. The standard InChI is InChI=1S/C14H17N3O2/c15-8-12(13(18)14(19)17-11-6-7-11)16-9-10-4-2-1-3-5-10/h1-5,11-13,16,18H,6-7,9H2,(H,17,19).